The molecule has 3 rings (SSSR count). The van der Waals surface area contributed by atoms with Crippen molar-refractivity contribution in [2.75, 3.05) is 20.1 Å². The standard InChI is InChI=1S/C17H23N3O2/c1-12-8-13(10-19-9-12)16(22)20-7-6-17(11-20)5-3-4-14(17)15(21)18-2/h8-10,14H,3-7,11H2,1-2H3,(H,18,21)/t14-,17-/m1/s1. The molecule has 0 radical (unpaired) electrons. The van der Waals surface area contributed by atoms with Gasteiger partial charge < -0.3 is 10.2 Å². The summed E-state index contributed by atoms with van der Waals surface area (Å²) in [4.78, 5) is 30.8. The maximum Gasteiger partial charge on any atom is 0.255 e. The quantitative estimate of drug-likeness (QED) is 0.905. The zero-order valence-electron chi connectivity index (χ0n) is 13.3. The first kappa shape index (κ1) is 15.0. The fraction of sp³-hybridized carbons (Fsp3) is 0.588. The number of aryl methyl sites for hydroxylation is 1. The topological polar surface area (TPSA) is 62.3 Å². The molecule has 0 unspecified atom stereocenters. The van der Waals surface area contributed by atoms with Gasteiger partial charge in [-0.05, 0) is 37.8 Å². The van der Waals surface area contributed by atoms with E-state index in [1.807, 2.05) is 17.9 Å². The maximum atomic E-state index is 12.7. The molecule has 2 heterocycles. The van der Waals surface area contributed by atoms with Gasteiger partial charge in [0.1, 0.15) is 0 Å². The smallest absolute Gasteiger partial charge is 0.255 e. The van der Waals surface area contributed by atoms with Gasteiger partial charge in [-0.15, -0.1) is 0 Å². The first-order valence-corrected chi connectivity index (χ1v) is 7.98. The summed E-state index contributed by atoms with van der Waals surface area (Å²) in [5.74, 6) is 0.214. The third-order valence-corrected chi connectivity index (χ3v) is 5.26. The molecular formula is C17H23N3O2. The fourth-order valence-corrected chi connectivity index (χ4v) is 4.13. The summed E-state index contributed by atoms with van der Waals surface area (Å²) >= 11 is 0. The zero-order chi connectivity index (χ0) is 15.7. The highest BCUT2D eigenvalue weighted by molar-refractivity contribution is 5.94. The van der Waals surface area contributed by atoms with Crippen molar-refractivity contribution in [3.63, 3.8) is 0 Å². The van der Waals surface area contributed by atoms with Crippen LogP contribution in [0.2, 0.25) is 0 Å². The predicted molar refractivity (Wildman–Crippen MR) is 83.3 cm³/mol. The number of pyridine rings is 1. The van der Waals surface area contributed by atoms with Crippen LogP contribution in [0, 0.1) is 18.3 Å². The van der Waals surface area contributed by atoms with E-state index in [2.05, 4.69) is 10.3 Å². The fourth-order valence-electron chi connectivity index (χ4n) is 4.13. The molecule has 2 amide bonds. The highest BCUT2D eigenvalue weighted by Gasteiger charge is 2.51. The lowest BCUT2D eigenvalue weighted by atomic mass is 9.76. The Bertz CT molecular complexity index is 601. The lowest BCUT2D eigenvalue weighted by Crippen LogP contribution is -2.40. The molecule has 5 heteroatoms. The SMILES string of the molecule is CNC(=O)[C@H]1CCC[C@]12CCN(C(=O)c1cncc(C)c1)C2. The molecule has 22 heavy (non-hydrogen) atoms. The van der Waals surface area contributed by atoms with Crippen molar-refractivity contribution in [3.8, 4) is 0 Å². The van der Waals surface area contributed by atoms with Crippen molar-refractivity contribution < 1.29 is 9.59 Å². The number of carbonyl (C=O) groups is 2. The Labute approximate surface area is 131 Å². The molecule has 0 aromatic carbocycles. The Morgan fingerprint density at radius 3 is 2.91 bits per heavy atom. The Morgan fingerprint density at radius 2 is 2.18 bits per heavy atom. The minimum absolute atomic E-state index is 0.0208. The molecule has 2 fully saturated rings. The van der Waals surface area contributed by atoms with Crippen LogP contribution in [0.15, 0.2) is 18.5 Å². The van der Waals surface area contributed by atoms with Gasteiger partial charge in [0.05, 0.1) is 5.56 Å². The third kappa shape index (κ3) is 2.49. The number of nitrogens with one attached hydrogen (secondary N) is 1. The van der Waals surface area contributed by atoms with Crippen molar-refractivity contribution in [2.45, 2.75) is 32.6 Å². The van der Waals surface area contributed by atoms with Gasteiger partial charge >= 0.3 is 0 Å². The van der Waals surface area contributed by atoms with E-state index < -0.39 is 0 Å². The number of rotatable bonds is 2. The largest absolute Gasteiger partial charge is 0.359 e. The Kier molecular flexibility index (Phi) is 3.89. The Hall–Kier alpha value is -1.91. The maximum absolute atomic E-state index is 12.7. The molecule has 1 aromatic heterocycles. The summed E-state index contributed by atoms with van der Waals surface area (Å²) in [6.45, 7) is 3.37. The zero-order valence-corrected chi connectivity index (χ0v) is 13.3. The van der Waals surface area contributed by atoms with E-state index in [4.69, 9.17) is 0 Å². The first-order chi connectivity index (χ1) is 10.6. The van der Waals surface area contributed by atoms with Crippen LogP contribution in [0.1, 0.15) is 41.6 Å². The van der Waals surface area contributed by atoms with Crippen molar-refractivity contribution in [3.05, 3.63) is 29.6 Å². The molecule has 0 bridgehead atoms. The second-order valence-corrected chi connectivity index (χ2v) is 6.65. The number of likely N-dealkylation sites (tertiary alicyclic amines) is 1. The minimum Gasteiger partial charge on any atom is -0.359 e. The van der Waals surface area contributed by atoms with Crippen LogP contribution in [0.5, 0.6) is 0 Å². The van der Waals surface area contributed by atoms with Crippen LogP contribution in [-0.2, 0) is 4.79 Å². The van der Waals surface area contributed by atoms with Crippen LogP contribution in [0.4, 0.5) is 0 Å². The van der Waals surface area contributed by atoms with Gasteiger partial charge in [-0.3, -0.25) is 14.6 Å². The molecule has 5 nitrogen and oxygen atoms in total. The van der Waals surface area contributed by atoms with E-state index in [0.717, 1.165) is 37.8 Å². The molecule has 1 aliphatic heterocycles. The van der Waals surface area contributed by atoms with Crippen LogP contribution < -0.4 is 5.32 Å². The molecule has 1 aliphatic carbocycles. The molecule has 2 atom stereocenters. The average molecular weight is 301 g/mol. The number of nitrogens with zero attached hydrogens (tertiary/aromatic N) is 2. The highest BCUT2D eigenvalue weighted by Crippen LogP contribution is 2.50. The predicted octanol–water partition coefficient (Wildman–Crippen LogP) is 1.77. The number of carbonyl (C=O) groups excluding carboxylic acids is 2. The molecule has 1 spiro atoms. The van der Waals surface area contributed by atoms with Crippen LogP contribution in [0.3, 0.4) is 0 Å². The second-order valence-electron chi connectivity index (χ2n) is 6.65. The van der Waals surface area contributed by atoms with Gasteiger partial charge in [0.15, 0.2) is 0 Å². The van der Waals surface area contributed by atoms with Crippen molar-refractivity contribution in [2.24, 2.45) is 11.3 Å². The van der Waals surface area contributed by atoms with E-state index in [9.17, 15) is 9.59 Å². The monoisotopic (exact) mass is 301 g/mol. The van der Waals surface area contributed by atoms with Crippen molar-refractivity contribution in [1.82, 2.24) is 15.2 Å². The number of hydrogen-bond acceptors (Lipinski definition) is 3. The minimum atomic E-state index is -0.0208. The van der Waals surface area contributed by atoms with Crippen LogP contribution >= 0.6 is 0 Å². The number of amides is 2. The summed E-state index contributed by atoms with van der Waals surface area (Å²) in [7, 11) is 1.70. The van der Waals surface area contributed by atoms with E-state index in [1.54, 1.807) is 19.4 Å². The first-order valence-electron chi connectivity index (χ1n) is 7.98. The number of hydrogen-bond donors (Lipinski definition) is 1. The molecule has 1 aromatic rings. The van der Waals surface area contributed by atoms with Crippen molar-refractivity contribution >= 4 is 11.8 Å². The van der Waals surface area contributed by atoms with Gasteiger partial charge in [0, 0.05) is 43.9 Å². The normalized spacial score (nSPS) is 27.4. The number of aromatic nitrogens is 1. The lowest BCUT2D eigenvalue weighted by Gasteiger charge is -2.30. The molecular weight excluding hydrogens is 278 g/mol. The summed E-state index contributed by atoms with van der Waals surface area (Å²) in [5.41, 5.74) is 1.61. The molecule has 118 valence electrons. The summed E-state index contributed by atoms with van der Waals surface area (Å²) < 4.78 is 0. The van der Waals surface area contributed by atoms with Gasteiger partial charge in [0.2, 0.25) is 5.91 Å². The third-order valence-electron chi connectivity index (χ3n) is 5.26. The molecule has 1 N–H and O–H groups in total. The summed E-state index contributed by atoms with van der Waals surface area (Å²) in [5, 5.41) is 2.79. The van der Waals surface area contributed by atoms with E-state index >= 15 is 0 Å². The lowest BCUT2D eigenvalue weighted by molar-refractivity contribution is -0.127. The average Bonchev–Trinajstić information content (AvgIpc) is 3.13. The van der Waals surface area contributed by atoms with E-state index in [1.165, 1.54) is 0 Å². The Morgan fingerprint density at radius 1 is 1.36 bits per heavy atom. The van der Waals surface area contributed by atoms with Gasteiger partial charge in [-0.1, -0.05) is 6.42 Å². The van der Waals surface area contributed by atoms with Gasteiger partial charge in [-0.25, -0.2) is 0 Å². The molecule has 1 saturated heterocycles. The summed E-state index contributed by atoms with van der Waals surface area (Å²) in [6, 6.07) is 1.88. The van der Waals surface area contributed by atoms with Crippen LogP contribution in [0.25, 0.3) is 0 Å². The van der Waals surface area contributed by atoms with Gasteiger partial charge in [-0.2, -0.15) is 0 Å². The highest BCUT2D eigenvalue weighted by atomic mass is 16.2. The van der Waals surface area contributed by atoms with E-state index in [-0.39, 0.29) is 23.1 Å². The van der Waals surface area contributed by atoms with Crippen molar-refractivity contribution in [1.29, 1.82) is 0 Å². The Balaban J connectivity index is 1.77. The summed E-state index contributed by atoms with van der Waals surface area (Å²) in [6.07, 6.45) is 7.36. The van der Waals surface area contributed by atoms with Crippen LogP contribution in [-0.4, -0.2) is 41.8 Å². The molecule has 1 saturated carbocycles. The second kappa shape index (κ2) is 5.71. The van der Waals surface area contributed by atoms with Gasteiger partial charge in [0.25, 0.3) is 5.91 Å². The molecule has 2 aliphatic rings. The van der Waals surface area contributed by atoms with E-state index in [0.29, 0.717) is 12.1 Å².